The Bertz CT molecular complexity index is 1430. The van der Waals surface area contributed by atoms with Gasteiger partial charge in [0, 0.05) is 33.6 Å². The fraction of sp³-hybridized carbons (Fsp3) is 0.167. The van der Waals surface area contributed by atoms with E-state index in [0.29, 0.717) is 28.1 Å². The molecule has 0 saturated carbocycles. The Morgan fingerprint density at radius 2 is 1.73 bits per heavy atom. The molecule has 0 fully saturated rings. The number of hydrogen-bond acceptors (Lipinski definition) is 6. The van der Waals surface area contributed by atoms with E-state index in [9.17, 15) is 13.2 Å². The number of carbonyl (C=O) groups excluding carboxylic acids is 1. The predicted molar refractivity (Wildman–Crippen MR) is 135 cm³/mol. The van der Waals surface area contributed by atoms with E-state index in [-0.39, 0.29) is 10.8 Å². The fourth-order valence-corrected chi connectivity index (χ4v) is 5.09. The van der Waals surface area contributed by atoms with E-state index in [2.05, 4.69) is 5.32 Å². The van der Waals surface area contributed by atoms with E-state index in [4.69, 9.17) is 4.98 Å². The van der Waals surface area contributed by atoms with Crippen molar-refractivity contribution in [3.05, 3.63) is 71.6 Å². The van der Waals surface area contributed by atoms with Crippen LogP contribution in [0.3, 0.4) is 0 Å². The monoisotopic (exact) mass is 480 g/mol. The number of nitrogens with one attached hydrogen (secondary N) is 1. The molecule has 2 aromatic carbocycles. The van der Waals surface area contributed by atoms with E-state index in [0.717, 1.165) is 14.6 Å². The maximum atomic E-state index is 13.5. The summed E-state index contributed by atoms with van der Waals surface area (Å²) in [6.45, 7) is 0. The molecule has 0 aliphatic carbocycles. The van der Waals surface area contributed by atoms with Crippen molar-refractivity contribution in [3.8, 4) is 10.6 Å². The van der Waals surface area contributed by atoms with Gasteiger partial charge in [0.05, 0.1) is 37.9 Å². The largest absolute Gasteiger partial charge is 0.376 e. The van der Waals surface area contributed by atoms with Crippen LogP contribution in [0, 0.1) is 0 Å². The van der Waals surface area contributed by atoms with Gasteiger partial charge in [-0.3, -0.25) is 4.79 Å². The zero-order valence-electron chi connectivity index (χ0n) is 18.7. The number of aromatic nitrogens is 1. The van der Waals surface area contributed by atoms with Crippen molar-refractivity contribution in [1.29, 1.82) is 0 Å². The number of fused-ring (bicyclic) bond motifs is 1. The van der Waals surface area contributed by atoms with Crippen LogP contribution in [0.1, 0.15) is 10.4 Å². The molecule has 1 amide bonds. The van der Waals surface area contributed by atoms with Crippen molar-refractivity contribution >= 4 is 49.5 Å². The van der Waals surface area contributed by atoms with Crippen molar-refractivity contribution in [2.45, 2.75) is 4.90 Å². The third-order valence-corrected chi connectivity index (χ3v) is 7.91. The molecule has 0 aliphatic rings. The van der Waals surface area contributed by atoms with Crippen molar-refractivity contribution < 1.29 is 13.2 Å². The number of thiophene rings is 1. The summed E-state index contributed by atoms with van der Waals surface area (Å²) in [6, 6.07) is 17.9. The Hall–Kier alpha value is -3.27. The molecule has 2 aromatic heterocycles. The highest BCUT2D eigenvalue weighted by molar-refractivity contribution is 7.89. The van der Waals surface area contributed by atoms with Crippen LogP contribution in [-0.4, -0.2) is 51.8 Å². The minimum absolute atomic E-state index is 0.104. The van der Waals surface area contributed by atoms with Gasteiger partial charge >= 0.3 is 0 Å². The summed E-state index contributed by atoms with van der Waals surface area (Å²) < 4.78 is 26.5. The van der Waals surface area contributed by atoms with Gasteiger partial charge < -0.3 is 10.2 Å². The van der Waals surface area contributed by atoms with Crippen LogP contribution in [0.4, 0.5) is 11.4 Å². The molecule has 4 aromatic rings. The first-order valence-corrected chi connectivity index (χ1v) is 12.5. The van der Waals surface area contributed by atoms with Crippen molar-refractivity contribution in [2.24, 2.45) is 0 Å². The molecule has 0 aliphatic heterocycles. The van der Waals surface area contributed by atoms with E-state index in [1.807, 2.05) is 60.8 Å². The smallest absolute Gasteiger partial charge is 0.256 e. The zero-order valence-corrected chi connectivity index (χ0v) is 20.4. The first-order valence-electron chi connectivity index (χ1n) is 10.2. The molecule has 0 spiro atoms. The minimum Gasteiger partial charge on any atom is -0.376 e. The normalized spacial score (nSPS) is 11.7. The molecule has 0 bridgehead atoms. The van der Waals surface area contributed by atoms with Gasteiger partial charge in [-0.1, -0.05) is 24.3 Å². The lowest BCUT2D eigenvalue weighted by Gasteiger charge is -2.20. The molecule has 7 nitrogen and oxygen atoms in total. The average molecular weight is 481 g/mol. The SMILES string of the molecule is CN(C)c1ccc(S(=O)(=O)N(C)C)cc1NC(=O)c1cc(-c2cccs2)nc2ccccc12. The number of para-hydroxylation sites is 1. The van der Waals surface area contributed by atoms with E-state index >= 15 is 0 Å². The predicted octanol–water partition coefficient (Wildman–Crippen LogP) is 4.53. The maximum absolute atomic E-state index is 13.5. The van der Waals surface area contributed by atoms with Gasteiger partial charge in [-0.25, -0.2) is 17.7 Å². The second kappa shape index (κ2) is 8.93. The lowest BCUT2D eigenvalue weighted by atomic mass is 10.1. The Labute approximate surface area is 197 Å². The lowest BCUT2D eigenvalue weighted by Crippen LogP contribution is -2.23. The first kappa shape index (κ1) is 22.9. The third-order valence-electron chi connectivity index (χ3n) is 5.21. The summed E-state index contributed by atoms with van der Waals surface area (Å²) in [5, 5.41) is 5.62. The second-order valence-electron chi connectivity index (χ2n) is 7.86. The number of nitrogens with zero attached hydrogens (tertiary/aromatic N) is 3. The molecule has 0 radical (unpaired) electrons. The molecule has 33 heavy (non-hydrogen) atoms. The molecule has 2 heterocycles. The number of hydrogen-bond donors (Lipinski definition) is 1. The molecule has 0 atom stereocenters. The van der Waals surface area contributed by atoms with Gasteiger partial charge in [0.2, 0.25) is 10.0 Å². The first-order chi connectivity index (χ1) is 15.7. The van der Waals surface area contributed by atoms with Gasteiger partial charge in [0.25, 0.3) is 5.91 Å². The van der Waals surface area contributed by atoms with E-state index in [1.54, 1.807) is 23.5 Å². The van der Waals surface area contributed by atoms with Crippen LogP contribution in [0.15, 0.2) is 70.9 Å². The number of benzene rings is 2. The third kappa shape index (κ3) is 4.47. The summed E-state index contributed by atoms with van der Waals surface area (Å²) in [5.74, 6) is -0.339. The summed E-state index contributed by atoms with van der Waals surface area (Å²) in [7, 11) is 2.96. The van der Waals surface area contributed by atoms with Gasteiger partial charge in [-0.15, -0.1) is 11.3 Å². The average Bonchev–Trinajstić information content (AvgIpc) is 3.33. The minimum atomic E-state index is -3.66. The Balaban J connectivity index is 1.82. The van der Waals surface area contributed by atoms with Crippen molar-refractivity contribution in [3.63, 3.8) is 0 Å². The van der Waals surface area contributed by atoms with Gasteiger partial charge in [0.1, 0.15) is 0 Å². The molecule has 170 valence electrons. The van der Waals surface area contributed by atoms with Crippen LogP contribution in [0.25, 0.3) is 21.5 Å². The van der Waals surface area contributed by atoms with E-state index < -0.39 is 10.0 Å². The highest BCUT2D eigenvalue weighted by Crippen LogP contribution is 2.31. The maximum Gasteiger partial charge on any atom is 0.256 e. The van der Waals surface area contributed by atoms with E-state index in [1.165, 1.54) is 26.2 Å². The quantitative estimate of drug-likeness (QED) is 0.438. The molecular formula is C24H24N4O3S2. The number of rotatable bonds is 6. The molecular weight excluding hydrogens is 456 g/mol. The lowest BCUT2D eigenvalue weighted by molar-refractivity contribution is 0.102. The second-order valence-corrected chi connectivity index (χ2v) is 11.0. The topological polar surface area (TPSA) is 82.6 Å². The Morgan fingerprint density at radius 3 is 2.39 bits per heavy atom. The summed E-state index contributed by atoms with van der Waals surface area (Å²) in [4.78, 5) is 21.1. The standard InChI is InChI=1S/C24H24N4O3S2/c1-27(2)22-12-11-16(33(30,31)28(3)4)14-20(22)26-24(29)18-15-21(23-10-7-13-32-23)25-19-9-6-5-8-17(18)19/h5-15H,1-4H3,(H,26,29). The fourth-order valence-electron chi connectivity index (χ4n) is 3.48. The van der Waals surface area contributed by atoms with Crippen LogP contribution >= 0.6 is 11.3 Å². The van der Waals surface area contributed by atoms with Crippen molar-refractivity contribution in [1.82, 2.24) is 9.29 Å². The summed E-state index contributed by atoms with van der Waals surface area (Å²) in [6.07, 6.45) is 0. The Kier molecular flexibility index (Phi) is 6.20. The molecule has 0 saturated heterocycles. The highest BCUT2D eigenvalue weighted by Gasteiger charge is 2.21. The van der Waals surface area contributed by atoms with Crippen LogP contribution in [0.5, 0.6) is 0 Å². The van der Waals surface area contributed by atoms with Gasteiger partial charge in [-0.05, 0) is 41.8 Å². The van der Waals surface area contributed by atoms with Gasteiger partial charge in [0.15, 0.2) is 0 Å². The number of sulfonamides is 1. The zero-order chi connectivity index (χ0) is 23.8. The summed E-state index contributed by atoms with van der Waals surface area (Å²) >= 11 is 1.55. The van der Waals surface area contributed by atoms with Crippen LogP contribution in [0.2, 0.25) is 0 Å². The number of carbonyl (C=O) groups is 1. The number of anilines is 2. The van der Waals surface area contributed by atoms with Crippen molar-refractivity contribution in [2.75, 3.05) is 38.4 Å². The molecule has 4 rings (SSSR count). The Morgan fingerprint density at radius 1 is 0.970 bits per heavy atom. The van der Waals surface area contributed by atoms with Gasteiger partial charge in [-0.2, -0.15) is 0 Å². The number of amides is 1. The van der Waals surface area contributed by atoms with Crippen LogP contribution in [-0.2, 0) is 10.0 Å². The molecule has 9 heteroatoms. The highest BCUT2D eigenvalue weighted by atomic mass is 32.2. The molecule has 1 N–H and O–H groups in total. The van der Waals surface area contributed by atoms with Crippen LogP contribution < -0.4 is 10.2 Å². The molecule has 0 unspecified atom stereocenters. The number of pyridine rings is 1. The summed E-state index contributed by atoms with van der Waals surface area (Å²) in [5.41, 5.74) is 3.00.